The highest BCUT2D eigenvalue weighted by atomic mass is 32.2. The number of carbonyl (C=O) groups is 2. The van der Waals surface area contributed by atoms with Gasteiger partial charge in [-0.05, 0) is 6.92 Å². The molecule has 0 aromatic rings. The second-order valence-electron chi connectivity index (χ2n) is 1.51. The van der Waals surface area contributed by atoms with Crippen LogP contribution in [0.2, 0.25) is 0 Å². The normalized spacial score (nSPS) is 17.5. The van der Waals surface area contributed by atoms with Crippen molar-refractivity contribution in [3.05, 3.63) is 0 Å². The van der Waals surface area contributed by atoms with Crippen LogP contribution in [0.25, 0.3) is 0 Å². The molecule has 0 bridgehead atoms. The van der Waals surface area contributed by atoms with E-state index in [1.165, 1.54) is 0 Å². The predicted molar refractivity (Wildman–Crippen MR) is 36.7 cm³/mol. The van der Waals surface area contributed by atoms with Crippen molar-refractivity contribution in [3.63, 3.8) is 0 Å². The van der Waals surface area contributed by atoms with Crippen LogP contribution in [0.4, 0.5) is 0 Å². The zero-order valence-electron chi connectivity index (χ0n) is 5.29. The van der Waals surface area contributed by atoms with E-state index in [1.54, 1.807) is 6.92 Å². The topological polar surface area (TPSA) is 55.7 Å². The lowest BCUT2D eigenvalue weighted by Gasteiger charge is -1.94. The van der Waals surface area contributed by atoms with Crippen LogP contribution in [0, 0.1) is 0 Å². The molecule has 5 heteroatoms. The second kappa shape index (κ2) is 2.83. The van der Waals surface area contributed by atoms with E-state index in [2.05, 4.69) is 4.99 Å². The first-order valence-corrected chi connectivity index (χ1v) is 3.53. The third-order valence-electron chi connectivity index (χ3n) is 0.815. The van der Waals surface area contributed by atoms with Crippen molar-refractivity contribution in [2.75, 3.05) is 6.61 Å². The molecule has 1 aliphatic heterocycles. The monoisotopic (exact) mass is 159 g/mol. The first-order valence-electron chi connectivity index (χ1n) is 2.71. The van der Waals surface area contributed by atoms with E-state index >= 15 is 0 Å². The van der Waals surface area contributed by atoms with Gasteiger partial charge in [0.05, 0.1) is 6.61 Å². The van der Waals surface area contributed by atoms with Crippen LogP contribution >= 0.6 is 11.8 Å². The minimum Gasteiger partial charge on any atom is -0.473 e. The highest BCUT2D eigenvalue weighted by molar-refractivity contribution is 8.28. The molecule has 0 unspecified atom stereocenters. The van der Waals surface area contributed by atoms with E-state index in [0.29, 0.717) is 6.61 Å². The highest BCUT2D eigenvalue weighted by Gasteiger charge is 2.26. The van der Waals surface area contributed by atoms with Crippen molar-refractivity contribution < 1.29 is 14.3 Å². The zero-order valence-corrected chi connectivity index (χ0v) is 6.10. The van der Waals surface area contributed by atoms with Gasteiger partial charge in [-0.25, -0.2) is 0 Å². The number of amides is 1. The van der Waals surface area contributed by atoms with Crippen molar-refractivity contribution in [3.8, 4) is 0 Å². The lowest BCUT2D eigenvalue weighted by atomic mass is 10.7. The maximum absolute atomic E-state index is 10.5. The average Bonchev–Trinajstić information content (AvgIpc) is 2.14. The molecule has 10 heavy (non-hydrogen) atoms. The minimum atomic E-state index is -0.728. The molecule has 1 amide bonds. The van der Waals surface area contributed by atoms with Gasteiger partial charge in [-0.15, -0.1) is 0 Å². The van der Waals surface area contributed by atoms with Crippen LogP contribution in [0.1, 0.15) is 6.92 Å². The summed E-state index contributed by atoms with van der Waals surface area (Å²) < 4.78 is 4.81. The van der Waals surface area contributed by atoms with Crippen LogP contribution in [0.3, 0.4) is 0 Å². The highest BCUT2D eigenvalue weighted by Crippen LogP contribution is 2.15. The van der Waals surface area contributed by atoms with Gasteiger partial charge in [0.15, 0.2) is 0 Å². The van der Waals surface area contributed by atoms with Crippen LogP contribution in [-0.4, -0.2) is 22.9 Å². The lowest BCUT2D eigenvalue weighted by Crippen LogP contribution is -1.98. The number of rotatable bonds is 1. The molecule has 0 saturated carbocycles. The zero-order chi connectivity index (χ0) is 7.56. The summed E-state index contributed by atoms with van der Waals surface area (Å²) in [5, 5.41) is -0.402. The Morgan fingerprint density at radius 1 is 1.60 bits per heavy atom. The Labute approximate surface area is 61.6 Å². The van der Waals surface area contributed by atoms with Gasteiger partial charge in [0.2, 0.25) is 0 Å². The molecule has 0 spiro atoms. The second-order valence-corrected chi connectivity index (χ2v) is 2.43. The standard InChI is InChI=1S/C5H5NO3S/c1-2-9-5-6-3(7)4(8)10-5/h2H2,1H3. The smallest absolute Gasteiger partial charge is 0.328 e. The van der Waals surface area contributed by atoms with Gasteiger partial charge in [0.1, 0.15) is 0 Å². The number of thioether (sulfide) groups is 1. The Bertz CT molecular complexity index is 211. The van der Waals surface area contributed by atoms with Crippen molar-refractivity contribution in [2.45, 2.75) is 6.92 Å². The van der Waals surface area contributed by atoms with Crippen molar-refractivity contribution >= 4 is 28.0 Å². The van der Waals surface area contributed by atoms with Crippen LogP contribution in [0.15, 0.2) is 4.99 Å². The molecule has 0 N–H and O–H groups in total. The summed E-state index contributed by atoms with van der Waals surface area (Å²) in [6.45, 7) is 2.18. The van der Waals surface area contributed by atoms with E-state index in [4.69, 9.17) is 4.74 Å². The van der Waals surface area contributed by atoms with Crippen molar-refractivity contribution in [1.29, 1.82) is 0 Å². The van der Waals surface area contributed by atoms with Crippen molar-refractivity contribution in [1.82, 2.24) is 0 Å². The summed E-state index contributed by atoms with van der Waals surface area (Å²) in [5.74, 6) is -0.728. The van der Waals surface area contributed by atoms with Gasteiger partial charge in [-0.1, -0.05) is 0 Å². The summed E-state index contributed by atoms with van der Waals surface area (Å²) in [7, 11) is 0. The Morgan fingerprint density at radius 3 is 2.70 bits per heavy atom. The summed E-state index contributed by atoms with van der Waals surface area (Å²) in [6, 6.07) is 0. The van der Waals surface area contributed by atoms with Gasteiger partial charge in [-0.2, -0.15) is 4.99 Å². The van der Waals surface area contributed by atoms with Gasteiger partial charge < -0.3 is 4.74 Å². The molecule has 0 radical (unpaired) electrons. The number of nitrogens with zero attached hydrogens (tertiary/aromatic N) is 1. The summed E-state index contributed by atoms with van der Waals surface area (Å²) in [5.41, 5.74) is 0. The Morgan fingerprint density at radius 2 is 2.30 bits per heavy atom. The predicted octanol–water partition coefficient (Wildman–Crippen LogP) is 0.179. The molecule has 0 aromatic carbocycles. The third-order valence-corrected chi connectivity index (χ3v) is 1.56. The molecule has 0 aliphatic carbocycles. The van der Waals surface area contributed by atoms with Crippen LogP contribution in [-0.2, 0) is 14.3 Å². The van der Waals surface area contributed by atoms with E-state index in [-0.39, 0.29) is 5.23 Å². The summed E-state index contributed by atoms with van der Waals surface area (Å²) in [4.78, 5) is 24.2. The molecule has 1 aliphatic rings. The summed E-state index contributed by atoms with van der Waals surface area (Å²) in [6.07, 6.45) is 0. The van der Waals surface area contributed by atoms with Crippen molar-refractivity contribution in [2.24, 2.45) is 4.99 Å². The first-order chi connectivity index (χ1) is 4.74. The maximum Gasteiger partial charge on any atom is 0.328 e. The molecular formula is C5H5NO3S. The number of ether oxygens (including phenoxy) is 1. The lowest BCUT2D eigenvalue weighted by molar-refractivity contribution is -0.130. The molecule has 0 atom stereocenters. The molecule has 4 nitrogen and oxygen atoms in total. The Balaban J connectivity index is 2.58. The minimum absolute atomic E-state index is 0.164. The van der Waals surface area contributed by atoms with E-state index in [1.807, 2.05) is 0 Å². The van der Waals surface area contributed by atoms with E-state index in [9.17, 15) is 9.59 Å². The third kappa shape index (κ3) is 1.36. The summed E-state index contributed by atoms with van der Waals surface area (Å²) >= 11 is 0.738. The molecule has 1 rings (SSSR count). The number of aliphatic imine (C=N–C) groups is 1. The SMILES string of the molecule is CCOC1=NC(=O)C(=O)S1. The fraction of sp³-hybridized carbons (Fsp3) is 0.400. The largest absolute Gasteiger partial charge is 0.473 e. The van der Waals surface area contributed by atoms with Gasteiger partial charge >= 0.3 is 5.91 Å². The number of hydrogen-bond donors (Lipinski definition) is 0. The van der Waals surface area contributed by atoms with Crippen LogP contribution in [0.5, 0.6) is 0 Å². The molecule has 0 fully saturated rings. The van der Waals surface area contributed by atoms with Gasteiger partial charge in [0.25, 0.3) is 10.3 Å². The fourth-order valence-electron chi connectivity index (χ4n) is 0.460. The van der Waals surface area contributed by atoms with Gasteiger partial charge in [-0.3, -0.25) is 9.59 Å². The average molecular weight is 159 g/mol. The van der Waals surface area contributed by atoms with E-state index < -0.39 is 11.0 Å². The maximum atomic E-state index is 10.5. The molecule has 54 valence electrons. The number of carbonyl (C=O) groups excluding carboxylic acids is 2. The fourth-order valence-corrected chi connectivity index (χ4v) is 1.06. The first kappa shape index (κ1) is 7.27. The number of hydrogen-bond acceptors (Lipinski definition) is 4. The molecular weight excluding hydrogens is 154 g/mol. The molecule has 1 heterocycles. The van der Waals surface area contributed by atoms with E-state index in [0.717, 1.165) is 11.8 Å². The van der Waals surface area contributed by atoms with Crippen LogP contribution < -0.4 is 0 Å². The Kier molecular flexibility index (Phi) is 2.06. The quantitative estimate of drug-likeness (QED) is 0.512. The Hall–Kier alpha value is -0.840. The van der Waals surface area contributed by atoms with Gasteiger partial charge in [0, 0.05) is 11.8 Å². The molecule has 0 saturated heterocycles. The molecule has 0 aromatic heterocycles.